The fraction of sp³-hybridized carbons (Fsp3) is 0.792. The SMILES string of the molecule is CC(=O)O[C@]1(C(C)=O)CC[C@@H]2[C@H]3C[C@@](C)(O)C4=CC(=O)CC[C@]4(C)[C@@H]3CC[C@@]21C. The predicted molar refractivity (Wildman–Crippen MR) is 108 cm³/mol. The van der Waals surface area contributed by atoms with Crippen molar-refractivity contribution in [2.75, 3.05) is 0 Å². The third-order valence-electron chi connectivity index (χ3n) is 9.29. The molecule has 0 bridgehead atoms. The van der Waals surface area contributed by atoms with Gasteiger partial charge in [-0.1, -0.05) is 13.8 Å². The van der Waals surface area contributed by atoms with Crippen molar-refractivity contribution in [1.29, 1.82) is 0 Å². The van der Waals surface area contributed by atoms with E-state index < -0.39 is 22.6 Å². The molecular weight excluding hydrogens is 368 g/mol. The molecule has 29 heavy (non-hydrogen) atoms. The number of hydrogen-bond acceptors (Lipinski definition) is 5. The Balaban J connectivity index is 1.77. The molecule has 160 valence electrons. The van der Waals surface area contributed by atoms with Crippen LogP contribution in [0.3, 0.4) is 0 Å². The summed E-state index contributed by atoms with van der Waals surface area (Å²) in [4.78, 5) is 36.9. The first-order chi connectivity index (χ1) is 13.4. The molecule has 0 radical (unpaired) electrons. The highest BCUT2D eigenvalue weighted by Crippen LogP contribution is 2.69. The van der Waals surface area contributed by atoms with Crippen LogP contribution in [0.2, 0.25) is 0 Å². The summed E-state index contributed by atoms with van der Waals surface area (Å²) in [7, 11) is 0. The highest BCUT2D eigenvalue weighted by Gasteiger charge is 2.69. The van der Waals surface area contributed by atoms with Gasteiger partial charge in [-0.05, 0) is 87.2 Å². The minimum Gasteiger partial charge on any atom is -0.451 e. The van der Waals surface area contributed by atoms with Crippen molar-refractivity contribution in [3.8, 4) is 0 Å². The molecule has 0 heterocycles. The van der Waals surface area contributed by atoms with E-state index >= 15 is 0 Å². The van der Waals surface area contributed by atoms with E-state index in [4.69, 9.17) is 4.74 Å². The molecular formula is C24H34O5. The number of Topliss-reactive ketones (excluding diaryl/α,β-unsaturated/α-hetero) is 1. The van der Waals surface area contributed by atoms with Crippen molar-refractivity contribution in [2.45, 2.75) is 90.8 Å². The average molecular weight is 403 g/mol. The Morgan fingerprint density at radius 3 is 2.34 bits per heavy atom. The minimum atomic E-state index is -1.06. The van der Waals surface area contributed by atoms with Gasteiger partial charge in [0, 0.05) is 18.8 Å². The highest BCUT2D eigenvalue weighted by atomic mass is 16.6. The number of fused-ring (bicyclic) bond motifs is 5. The summed E-state index contributed by atoms with van der Waals surface area (Å²) >= 11 is 0. The molecule has 4 aliphatic rings. The van der Waals surface area contributed by atoms with E-state index in [1.807, 2.05) is 6.92 Å². The summed E-state index contributed by atoms with van der Waals surface area (Å²) in [6.07, 6.45) is 6.76. The fourth-order valence-electron chi connectivity index (χ4n) is 8.06. The van der Waals surface area contributed by atoms with Crippen molar-refractivity contribution >= 4 is 17.5 Å². The molecule has 0 aromatic heterocycles. The van der Waals surface area contributed by atoms with Crippen LogP contribution in [-0.4, -0.2) is 33.8 Å². The fourth-order valence-corrected chi connectivity index (χ4v) is 8.06. The second-order valence-electron chi connectivity index (χ2n) is 10.8. The van der Waals surface area contributed by atoms with Gasteiger partial charge in [0.25, 0.3) is 0 Å². The van der Waals surface area contributed by atoms with E-state index in [0.29, 0.717) is 25.2 Å². The molecule has 3 fully saturated rings. The molecule has 4 rings (SSSR count). The summed E-state index contributed by atoms with van der Waals surface area (Å²) < 4.78 is 5.80. The second-order valence-corrected chi connectivity index (χ2v) is 10.8. The maximum atomic E-state index is 12.8. The Kier molecular flexibility index (Phi) is 4.48. The van der Waals surface area contributed by atoms with E-state index in [1.54, 1.807) is 13.0 Å². The van der Waals surface area contributed by atoms with Crippen LogP contribution in [0.5, 0.6) is 0 Å². The van der Waals surface area contributed by atoms with Gasteiger partial charge in [0.2, 0.25) is 0 Å². The third-order valence-corrected chi connectivity index (χ3v) is 9.29. The number of hydrogen-bond donors (Lipinski definition) is 1. The second kappa shape index (κ2) is 6.26. The number of ether oxygens (including phenoxy) is 1. The van der Waals surface area contributed by atoms with Gasteiger partial charge in [-0.25, -0.2) is 0 Å². The van der Waals surface area contributed by atoms with Gasteiger partial charge in [0.05, 0.1) is 5.60 Å². The lowest BCUT2D eigenvalue weighted by Gasteiger charge is -2.62. The zero-order valence-electron chi connectivity index (χ0n) is 18.3. The van der Waals surface area contributed by atoms with Crippen molar-refractivity contribution in [2.24, 2.45) is 28.6 Å². The van der Waals surface area contributed by atoms with Crippen LogP contribution in [-0.2, 0) is 19.1 Å². The quantitative estimate of drug-likeness (QED) is 0.711. The van der Waals surface area contributed by atoms with Gasteiger partial charge in [0.1, 0.15) is 0 Å². The average Bonchev–Trinajstić information content (AvgIpc) is 2.90. The summed E-state index contributed by atoms with van der Waals surface area (Å²) in [6.45, 7) is 9.12. The Morgan fingerprint density at radius 1 is 1.07 bits per heavy atom. The standard InChI is InChI=1S/C24H34O5/c1-14(25)24(29-15(2)26)11-8-19-17-13-23(5,28)20-12-16(27)6-9-21(20,3)18(17)7-10-22(19,24)4/h12,17-19,28H,6-11,13H2,1-5H3/t17-,18+,19+,21+,22-,23+,24-/m0/s1. The molecule has 0 saturated heterocycles. The Hall–Kier alpha value is -1.49. The molecule has 1 N–H and O–H groups in total. The van der Waals surface area contributed by atoms with Crippen LogP contribution in [0.25, 0.3) is 0 Å². The van der Waals surface area contributed by atoms with Gasteiger partial charge in [-0.3, -0.25) is 14.4 Å². The number of carbonyl (C=O) groups is 3. The molecule has 5 nitrogen and oxygen atoms in total. The number of carbonyl (C=O) groups excluding carboxylic acids is 3. The van der Waals surface area contributed by atoms with E-state index in [2.05, 4.69) is 13.8 Å². The van der Waals surface area contributed by atoms with E-state index in [-0.39, 0.29) is 28.8 Å². The van der Waals surface area contributed by atoms with E-state index in [0.717, 1.165) is 31.3 Å². The first-order valence-electron chi connectivity index (χ1n) is 11.1. The van der Waals surface area contributed by atoms with Gasteiger partial charge in [-0.2, -0.15) is 0 Å². The summed E-state index contributed by atoms with van der Waals surface area (Å²) in [5.41, 5.74) is -1.77. The number of esters is 1. The topological polar surface area (TPSA) is 80.7 Å². The van der Waals surface area contributed by atoms with Crippen molar-refractivity contribution in [3.63, 3.8) is 0 Å². The third kappa shape index (κ3) is 2.65. The lowest BCUT2D eigenvalue weighted by molar-refractivity contribution is -0.190. The van der Waals surface area contributed by atoms with Crippen molar-refractivity contribution < 1.29 is 24.2 Å². The van der Waals surface area contributed by atoms with E-state index in [9.17, 15) is 19.5 Å². The number of ketones is 2. The van der Waals surface area contributed by atoms with Gasteiger partial charge in [0.15, 0.2) is 17.2 Å². The first-order valence-corrected chi connectivity index (χ1v) is 11.1. The van der Waals surface area contributed by atoms with Crippen LogP contribution in [0.1, 0.15) is 79.6 Å². The molecule has 0 spiro atoms. The van der Waals surface area contributed by atoms with Gasteiger partial charge < -0.3 is 9.84 Å². The van der Waals surface area contributed by atoms with Crippen molar-refractivity contribution in [3.05, 3.63) is 11.6 Å². The first kappa shape index (κ1) is 20.8. The zero-order chi connectivity index (χ0) is 21.4. The largest absolute Gasteiger partial charge is 0.451 e. The molecule has 0 aromatic carbocycles. The molecule has 3 saturated carbocycles. The van der Waals surface area contributed by atoms with Crippen LogP contribution in [0, 0.1) is 28.6 Å². The molecule has 0 amide bonds. The smallest absolute Gasteiger partial charge is 0.303 e. The lowest BCUT2D eigenvalue weighted by atomic mass is 9.44. The molecule has 7 atom stereocenters. The number of rotatable bonds is 2. The monoisotopic (exact) mass is 402 g/mol. The molecule has 0 unspecified atom stereocenters. The minimum absolute atomic E-state index is 0.0613. The Bertz CT molecular complexity index is 810. The Morgan fingerprint density at radius 2 is 1.72 bits per heavy atom. The summed E-state index contributed by atoms with van der Waals surface area (Å²) in [5.74, 6) is 0.489. The maximum absolute atomic E-state index is 12.8. The lowest BCUT2D eigenvalue weighted by Crippen LogP contribution is -2.61. The summed E-state index contributed by atoms with van der Waals surface area (Å²) in [6, 6.07) is 0. The van der Waals surface area contributed by atoms with Crippen LogP contribution < -0.4 is 0 Å². The van der Waals surface area contributed by atoms with Crippen LogP contribution in [0.4, 0.5) is 0 Å². The maximum Gasteiger partial charge on any atom is 0.303 e. The van der Waals surface area contributed by atoms with Gasteiger partial charge in [-0.15, -0.1) is 0 Å². The number of aliphatic hydroxyl groups is 1. The molecule has 4 aliphatic carbocycles. The van der Waals surface area contributed by atoms with Gasteiger partial charge >= 0.3 is 5.97 Å². The highest BCUT2D eigenvalue weighted by molar-refractivity contribution is 5.92. The molecule has 0 aliphatic heterocycles. The van der Waals surface area contributed by atoms with Crippen LogP contribution >= 0.6 is 0 Å². The van der Waals surface area contributed by atoms with Crippen LogP contribution in [0.15, 0.2) is 11.6 Å². The Labute approximate surface area is 173 Å². The van der Waals surface area contributed by atoms with E-state index in [1.165, 1.54) is 6.92 Å². The van der Waals surface area contributed by atoms with Crippen molar-refractivity contribution in [1.82, 2.24) is 0 Å². The zero-order valence-corrected chi connectivity index (χ0v) is 18.3. The molecule has 0 aromatic rings. The molecule has 5 heteroatoms. The predicted octanol–water partition coefficient (Wildman–Crippen LogP) is 3.77. The summed E-state index contributed by atoms with van der Waals surface area (Å²) in [5, 5.41) is 11.4. The normalized spacial score (nSPS) is 48.8.